The number of nitrogens with zero attached hydrogens (tertiary/aromatic N) is 4. The van der Waals surface area contributed by atoms with Crippen LogP contribution < -0.4 is 5.32 Å². The van der Waals surface area contributed by atoms with Crippen LogP contribution in [0, 0.1) is 0 Å². The number of ether oxygens (including phenoxy) is 1. The first kappa shape index (κ1) is 13.6. The molecular weight excluding hydrogens is 242 g/mol. The van der Waals surface area contributed by atoms with Gasteiger partial charge in [-0.05, 0) is 42.0 Å². The molecule has 2 unspecified atom stereocenters. The molecule has 0 aliphatic heterocycles. The summed E-state index contributed by atoms with van der Waals surface area (Å²) in [6, 6.07) is 8.39. The van der Waals surface area contributed by atoms with Gasteiger partial charge in [0, 0.05) is 19.7 Å². The highest BCUT2D eigenvalue weighted by molar-refractivity contribution is 5.35. The predicted octanol–water partition coefficient (Wildman–Crippen LogP) is 1.35. The number of aromatic nitrogens is 4. The molecule has 0 saturated heterocycles. The number of methoxy groups -OCH3 is 1. The summed E-state index contributed by atoms with van der Waals surface area (Å²) >= 11 is 0. The molecule has 0 spiro atoms. The Kier molecular flexibility index (Phi) is 4.59. The molecule has 0 aliphatic rings. The van der Waals surface area contributed by atoms with Crippen LogP contribution in [0.2, 0.25) is 0 Å². The molecule has 6 heteroatoms. The van der Waals surface area contributed by atoms with Gasteiger partial charge in [-0.3, -0.25) is 0 Å². The van der Waals surface area contributed by atoms with Crippen LogP contribution in [0.15, 0.2) is 30.6 Å². The molecule has 0 amide bonds. The zero-order chi connectivity index (χ0) is 13.7. The number of rotatable bonds is 6. The van der Waals surface area contributed by atoms with Gasteiger partial charge in [0.25, 0.3) is 0 Å². The van der Waals surface area contributed by atoms with E-state index < -0.39 is 0 Å². The number of benzene rings is 1. The fraction of sp³-hybridized carbons (Fsp3) is 0.462. The summed E-state index contributed by atoms with van der Waals surface area (Å²) in [5.74, 6) is 0. The van der Waals surface area contributed by atoms with Gasteiger partial charge in [0.2, 0.25) is 0 Å². The van der Waals surface area contributed by atoms with Crippen molar-refractivity contribution >= 4 is 0 Å². The van der Waals surface area contributed by atoms with Gasteiger partial charge in [0.15, 0.2) is 0 Å². The van der Waals surface area contributed by atoms with Gasteiger partial charge in [0.1, 0.15) is 6.33 Å². The lowest BCUT2D eigenvalue weighted by molar-refractivity contribution is 0.115. The summed E-state index contributed by atoms with van der Waals surface area (Å²) in [6.07, 6.45) is 1.79. The van der Waals surface area contributed by atoms with E-state index in [9.17, 15) is 0 Å². The van der Waals surface area contributed by atoms with Crippen LogP contribution in [0.5, 0.6) is 0 Å². The maximum Gasteiger partial charge on any atom is 0.143 e. The third-order valence-corrected chi connectivity index (χ3v) is 3.10. The molecule has 0 aliphatic carbocycles. The highest BCUT2D eigenvalue weighted by atomic mass is 16.5. The smallest absolute Gasteiger partial charge is 0.143 e. The van der Waals surface area contributed by atoms with E-state index in [-0.39, 0.29) is 12.1 Å². The van der Waals surface area contributed by atoms with E-state index in [2.05, 4.69) is 39.9 Å². The highest BCUT2D eigenvalue weighted by Gasteiger charge is 2.08. The zero-order valence-corrected chi connectivity index (χ0v) is 11.4. The molecule has 2 atom stereocenters. The van der Waals surface area contributed by atoms with Gasteiger partial charge < -0.3 is 10.1 Å². The maximum atomic E-state index is 5.23. The SMILES string of the molecule is COC(C)CNC(C)c1cccc(-n2cnnn2)c1. The van der Waals surface area contributed by atoms with Gasteiger partial charge in [-0.1, -0.05) is 12.1 Å². The van der Waals surface area contributed by atoms with Crippen molar-refractivity contribution < 1.29 is 4.74 Å². The average molecular weight is 261 g/mol. The van der Waals surface area contributed by atoms with Crippen LogP contribution in [0.1, 0.15) is 25.5 Å². The van der Waals surface area contributed by atoms with Gasteiger partial charge in [-0.25, -0.2) is 4.68 Å². The van der Waals surface area contributed by atoms with Crippen molar-refractivity contribution in [3.63, 3.8) is 0 Å². The maximum absolute atomic E-state index is 5.23. The summed E-state index contributed by atoms with van der Waals surface area (Å²) in [5.41, 5.74) is 2.15. The first-order chi connectivity index (χ1) is 9.20. The standard InChI is InChI=1S/C13H19N5O/c1-10(19-3)8-14-11(2)12-5-4-6-13(7-12)18-9-15-16-17-18/h4-7,9-11,14H,8H2,1-3H3. The summed E-state index contributed by atoms with van der Waals surface area (Å²) in [7, 11) is 1.72. The van der Waals surface area contributed by atoms with Gasteiger partial charge in [-0.2, -0.15) is 0 Å². The fourth-order valence-electron chi connectivity index (χ4n) is 1.76. The molecule has 0 fully saturated rings. The minimum Gasteiger partial charge on any atom is -0.380 e. The van der Waals surface area contributed by atoms with E-state index in [0.717, 1.165) is 12.2 Å². The van der Waals surface area contributed by atoms with E-state index >= 15 is 0 Å². The molecule has 0 saturated carbocycles. The number of tetrazole rings is 1. The minimum absolute atomic E-state index is 0.199. The molecule has 1 heterocycles. The second kappa shape index (κ2) is 6.40. The normalized spacial score (nSPS) is 14.3. The lowest BCUT2D eigenvalue weighted by atomic mass is 10.1. The summed E-state index contributed by atoms with van der Waals surface area (Å²) < 4.78 is 6.87. The molecule has 2 aromatic rings. The average Bonchev–Trinajstić information content (AvgIpc) is 2.98. The van der Waals surface area contributed by atoms with E-state index in [0.29, 0.717) is 0 Å². The van der Waals surface area contributed by atoms with E-state index in [1.165, 1.54) is 5.56 Å². The van der Waals surface area contributed by atoms with Crippen LogP contribution in [0.3, 0.4) is 0 Å². The van der Waals surface area contributed by atoms with Crippen LogP contribution >= 0.6 is 0 Å². The Morgan fingerprint density at radius 2 is 2.21 bits per heavy atom. The van der Waals surface area contributed by atoms with Crippen LogP contribution in [0.25, 0.3) is 5.69 Å². The Morgan fingerprint density at radius 3 is 2.89 bits per heavy atom. The number of nitrogens with one attached hydrogen (secondary N) is 1. The Labute approximate surface area is 112 Å². The molecule has 1 aromatic carbocycles. The molecule has 19 heavy (non-hydrogen) atoms. The van der Waals surface area contributed by atoms with Crippen molar-refractivity contribution in [3.8, 4) is 5.69 Å². The van der Waals surface area contributed by atoms with Gasteiger partial charge >= 0.3 is 0 Å². The topological polar surface area (TPSA) is 64.9 Å². The Bertz CT molecular complexity index is 499. The fourth-order valence-corrected chi connectivity index (χ4v) is 1.76. The van der Waals surface area contributed by atoms with Crippen molar-refractivity contribution in [3.05, 3.63) is 36.2 Å². The van der Waals surface area contributed by atoms with Gasteiger partial charge in [0.05, 0.1) is 11.8 Å². The van der Waals surface area contributed by atoms with Crippen LogP contribution in [-0.4, -0.2) is 40.0 Å². The molecule has 2 rings (SSSR count). The molecule has 102 valence electrons. The molecule has 0 radical (unpaired) electrons. The lowest BCUT2D eigenvalue weighted by Crippen LogP contribution is -2.28. The van der Waals surface area contributed by atoms with Crippen molar-refractivity contribution in [1.29, 1.82) is 0 Å². The van der Waals surface area contributed by atoms with E-state index in [1.54, 1.807) is 18.1 Å². The van der Waals surface area contributed by atoms with Crippen molar-refractivity contribution in [2.75, 3.05) is 13.7 Å². The molecule has 1 aromatic heterocycles. The van der Waals surface area contributed by atoms with Crippen molar-refractivity contribution in [1.82, 2.24) is 25.5 Å². The van der Waals surface area contributed by atoms with E-state index in [4.69, 9.17) is 4.74 Å². The first-order valence-electron chi connectivity index (χ1n) is 6.30. The van der Waals surface area contributed by atoms with Crippen molar-refractivity contribution in [2.24, 2.45) is 0 Å². The largest absolute Gasteiger partial charge is 0.380 e. The second-order valence-corrected chi connectivity index (χ2v) is 4.53. The zero-order valence-electron chi connectivity index (χ0n) is 11.4. The van der Waals surface area contributed by atoms with Crippen LogP contribution in [0.4, 0.5) is 0 Å². The Morgan fingerprint density at radius 1 is 1.37 bits per heavy atom. The second-order valence-electron chi connectivity index (χ2n) is 4.53. The molecule has 0 bridgehead atoms. The Hall–Kier alpha value is -1.79. The summed E-state index contributed by atoms with van der Waals surface area (Å²) in [4.78, 5) is 0. The van der Waals surface area contributed by atoms with Crippen molar-refractivity contribution in [2.45, 2.75) is 26.0 Å². The molecule has 6 nitrogen and oxygen atoms in total. The number of hydrogen-bond acceptors (Lipinski definition) is 5. The Balaban J connectivity index is 2.06. The highest BCUT2D eigenvalue weighted by Crippen LogP contribution is 2.16. The minimum atomic E-state index is 0.199. The quantitative estimate of drug-likeness (QED) is 0.850. The third kappa shape index (κ3) is 3.59. The van der Waals surface area contributed by atoms with Gasteiger partial charge in [-0.15, -0.1) is 5.10 Å². The molecular formula is C13H19N5O. The first-order valence-corrected chi connectivity index (χ1v) is 6.30. The molecule has 1 N–H and O–H groups in total. The predicted molar refractivity (Wildman–Crippen MR) is 72.0 cm³/mol. The van der Waals surface area contributed by atoms with Crippen LogP contribution in [-0.2, 0) is 4.74 Å². The monoisotopic (exact) mass is 261 g/mol. The summed E-state index contributed by atoms with van der Waals surface area (Å²) in [6.45, 7) is 4.98. The lowest BCUT2D eigenvalue weighted by Gasteiger charge is -2.17. The summed E-state index contributed by atoms with van der Waals surface area (Å²) in [5, 5.41) is 14.6. The third-order valence-electron chi connectivity index (χ3n) is 3.10. The van der Waals surface area contributed by atoms with E-state index in [1.807, 2.05) is 19.1 Å². The number of hydrogen-bond donors (Lipinski definition) is 1.